The van der Waals surface area contributed by atoms with E-state index in [9.17, 15) is 0 Å². The van der Waals surface area contributed by atoms with Crippen molar-refractivity contribution in [2.45, 2.75) is 109 Å². The van der Waals surface area contributed by atoms with Crippen molar-refractivity contribution in [3.05, 3.63) is 0 Å². The van der Waals surface area contributed by atoms with E-state index in [-0.39, 0.29) is 0 Å². The van der Waals surface area contributed by atoms with E-state index in [0.717, 1.165) is 70.5 Å². The summed E-state index contributed by atoms with van der Waals surface area (Å²) in [7, 11) is 5.41. The summed E-state index contributed by atoms with van der Waals surface area (Å²) in [6.45, 7) is 6.53. The molecule has 0 aliphatic heterocycles. The molecule has 0 aliphatic rings. The monoisotopic (exact) mass is 614 g/mol. The summed E-state index contributed by atoms with van der Waals surface area (Å²) < 4.78 is 31.8. The Hall–Kier alpha value is 0.0338. The Bertz CT molecular complexity index is 444. The molecule has 0 aliphatic carbocycles. The molecule has 0 atom stereocenters. The SMILES string of the molecule is CCC[Si](OC)(OC)OC.CO[Si](CCCCCCCCCCCNCCN)(OC)OC.NCCCCCCN. The van der Waals surface area contributed by atoms with Crippen molar-refractivity contribution in [2.75, 3.05) is 75.4 Å². The molecule has 0 saturated carbocycles. The van der Waals surface area contributed by atoms with Crippen LogP contribution in [0.25, 0.3) is 0 Å². The topological polar surface area (TPSA) is 145 Å². The summed E-state index contributed by atoms with van der Waals surface area (Å²) >= 11 is 0. The van der Waals surface area contributed by atoms with Crippen molar-refractivity contribution in [1.29, 1.82) is 0 Å². The standard InChI is InChI=1S/C16H38N2O3Si.C6H16N2.C6H16O3Si/c1-19-22(20-2,21-3)16-12-10-8-6-4-5-7-9-11-14-18-15-13-17;7-5-3-1-2-4-6-8;1-5-6-10(7-2,8-3)9-4/h18H,4-17H2,1-3H3;1-8H2;5-6H2,1-4H3. The normalized spacial score (nSPS) is 11.6. The van der Waals surface area contributed by atoms with E-state index in [0.29, 0.717) is 0 Å². The van der Waals surface area contributed by atoms with Crippen LogP contribution in [0.15, 0.2) is 0 Å². The van der Waals surface area contributed by atoms with Crippen LogP contribution >= 0.6 is 0 Å². The fraction of sp³-hybridized carbons (Fsp3) is 1.00. The van der Waals surface area contributed by atoms with Crippen LogP contribution in [0, 0.1) is 0 Å². The zero-order chi connectivity index (χ0) is 30.8. The fourth-order valence-corrected chi connectivity index (χ4v) is 7.64. The van der Waals surface area contributed by atoms with Gasteiger partial charge in [-0.05, 0) is 45.3 Å². The van der Waals surface area contributed by atoms with Crippen LogP contribution in [0.2, 0.25) is 12.1 Å². The van der Waals surface area contributed by atoms with E-state index in [2.05, 4.69) is 12.2 Å². The third-order valence-electron chi connectivity index (χ3n) is 6.74. The maximum absolute atomic E-state index is 5.43. The molecule has 0 aromatic carbocycles. The molecule has 0 radical (unpaired) electrons. The molecule has 7 N–H and O–H groups in total. The zero-order valence-corrected chi connectivity index (χ0v) is 29.5. The van der Waals surface area contributed by atoms with Gasteiger partial charge >= 0.3 is 17.6 Å². The molecular formula is C28H70N4O6Si2. The number of hydrogen-bond donors (Lipinski definition) is 4. The van der Waals surface area contributed by atoms with Crippen LogP contribution in [0.1, 0.15) is 96.8 Å². The van der Waals surface area contributed by atoms with E-state index in [1.54, 1.807) is 42.7 Å². The lowest BCUT2D eigenvalue weighted by atomic mass is 10.1. The minimum absolute atomic E-state index is 0.739. The van der Waals surface area contributed by atoms with E-state index in [1.807, 2.05) is 0 Å². The van der Waals surface area contributed by atoms with Crippen LogP contribution in [-0.2, 0) is 26.6 Å². The highest BCUT2D eigenvalue weighted by molar-refractivity contribution is 6.60. The van der Waals surface area contributed by atoms with Crippen molar-refractivity contribution >= 4 is 17.6 Å². The molecule has 0 aromatic rings. The number of unbranched alkanes of at least 4 members (excludes halogenated alkanes) is 11. The van der Waals surface area contributed by atoms with Gasteiger partial charge in [-0.15, -0.1) is 0 Å². The third-order valence-corrected chi connectivity index (χ3v) is 12.5. The lowest BCUT2D eigenvalue weighted by Crippen LogP contribution is -2.42. The molecule has 40 heavy (non-hydrogen) atoms. The summed E-state index contributed by atoms with van der Waals surface area (Å²) in [5.74, 6) is 0. The summed E-state index contributed by atoms with van der Waals surface area (Å²) in [4.78, 5) is 0. The van der Waals surface area contributed by atoms with Crippen LogP contribution in [0.3, 0.4) is 0 Å². The number of hydrogen-bond acceptors (Lipinski definition) is 10. The summed E-state index contributed by atoms with van der Waals surface area (Å²) in [6.07, 6.45) is 17.5. The molecule has 12 heteroatoms. The Balaban J connectivity index is -0.000000624. The Labute approximate surface area is 250 Å². The first-order valence-corrected chi connectivity index (χ1v) is 19.4. The first kappa shape index (κ1) is 44.5. The molecule has 0 unspecified atom stereocenters. The zero-order valence-electron chi connectivity index (χ0n) is 27.5. The van der Waals surface area contributed by atoms with Crippen molar-refractivity contribution in [3.8, 4) is 0 Å². The predicted molar refractivity (Wildman–Crippen MR) is 174 cm³/mol. The number of rotatable bonds is 27. The molecule has 0 heterocycles. The highest BCUT2D eigenvalue weighted by Crippen LogP contribution is 2.18. The van der Waals surface area contributed by atoms with Gasteiger partial charge in [0.2, 0.25) is 0 Å². The van der Waals surface area contributed by atoms with Gasteiger partial charge in [-0.1, -0.05) is 71.1 Å². The first-order chi connectivity index (χ1) is 19.4. The Kier molecular flexibility index (Phi) is 39.2. The second-order valence-electron chi connectivity index (χ2n) is 9.80. The Morgan fingerprint density at radius 2 is 0.775 bits per heavy atom. The van der Waals surface area contributed by atoms with E-state index in [4.69, 9.17) is 43.8 Å². The van der Waals surface area contributed by atoms with E-state index >= 15 is 0 Å². The minimum atomic E-state index is -2.33. The lowest BCUT2D eigenvalue weighted by Gasteiger charge is -2.24. The molecular weight excluding hydrogens is 545 g/mol. The largest absolute Gasteiger partial charge is 0.500 e. The molecule has 0 aromatic heterocycles. The molecule has 0 amide bonds. The van der Waals surface area contributed by atoms with Crippen molar-refractivity contribution in [1.82, 2.24) is 5.32 Å². The average molecular weight is 615 g/mol. The van der Waals surface area contributed by atoms with Crippen LogP contribution in [0.4, 0.5) is 0 Å². The Morgan fingerprint density at radius 1 is 0.425 bits per heavy atom. The predicted octanol–water partition coefficient (Wildman–Crippen LogP) is 4.66. The van der Waals surface area contributed by atoms with Crippen molar-refractivity contribution in [2.24, 2.45) is 17.2 Å². The van der Waals surface area contributed by atoms with Gasteiger partial charge in [0.15, 0.2) is 0 Å². The highest BCUT2D eigenvalue weighted by Gasteiger charge is 2.37. The molecule has 0 spiro atoms. The number of nitrogens with one attached hydrogen (secondary N) is 1. The van der Waals surface area contributed by atoms with Gasteiger partial charge in [0, 0.05) is 67.8 Å². The van der Waals surface area contributed by atoms with Gasteiger partial charge in [-0.2, -0.15) is 0 Å². The van der Waals surface area contributed by atoms with Crippen LogP contribution in [-0.4, -0.2) is 93.0 Å². The summed E-state index contributed by atoms with van der Waals surface area (Å²) in [5, 5.41) is 3.33. The number of nitrogens with two attached hydrogens (primary N) is 3. The smallest absolute Gasteiger partial charge is 0.377 e. The molecule has 0 bridgehead atoms. The van der Waals surface area contributed by atoms with Crippen LogP contribution in [0.5, 0.6) is 0 Å². The van der Waals surface area contributed by atoms with Crippen molar-refractivity contribution < 1.29 is 26.6 Å². The quantitative estimate of drug-likeness (QED) is 0.0761. The maximum Gasteiger partial charge on any atom is 0.500 e. The van der Waals surface area contributed by atoms with Gasteiger partial charge in [0.05, 0.1) is 0 Å². The van der Waals surface area contributed by atoms with E-state index in [1.165, 1.54) is 64.2 Å². The first-order valence-electron chi connectivity index (χ1n) is 15.5. The van der Waals surface area contributed by atoms with E-state index < -0.39 is 17.6 Å². The maximum atomic E-state index is 5.43. The second kappa shape index (κ2) is 35.2. The lowest BCUT2D eigenvalue weighted by molar-refractivity contribution is 0.122. The minimum Gasteiger partial charge on any atom is -0.377 e. The second-order valence-corrected chi connectivity index (χ2v) is 16.0. The summed E-state index contributed by atoms with van der Waals surface area (Å²) in [6, 6.07) is 1.81. The fourth-order valence-electron chi connectivity index (χ4n) is 4.12. The summed E-state index contributed by atoms with van der Waals surface area (Å²) in [5.41, 5.74) is 16.0. The average Bonchev–Trinajstić information content (AvgIpc) is 2.99. The molecule has 0 rings (SSSR count). The molecule has 0 saturated heterocycles. The van der Waals surface area contributed by atoms with Crippen molar-refractivity contribution in [3.63, 3.8) is 0 Å². The van der Waals surface area contributed by atoms with Gasteiger partial charge in [0.1, 0.15) is 0 Å². The molecule has 10 nitrogen and oxygen atoms in total. The van der Waals surface area contributed by atoms with Gasteiger partial charge in [-0.25, -0.2) is 0 Å². The third kappa shape index (κ3) is 28.2. The van der Waals surface area contributed by atoms with Gasteiger partial charge in [0.25, 0.3) is 0 Å². The Morgan fingerprint density at radius 3 is 1.10 bits per heavy atom. The van der Waals surface area contributed by atoms with Gasteiger partial charge in [-0.3, -0.25) is 0 Å². The molecule has 246 valence electrons. The molecule has 0 fully saturated rings. The van der Waals surface area contributed by atoms with Gasteiger partial charge < -0.3 is 49.1 Å². The van der Waals surface area contributed by atoms with Crippen LogP contribution < -0.4 is 22.5 Å². The highest BCUT2D eigenvalue weighted by atomic mass is 28.4.